The van der Waals surface area contributed by atoms with E-state index < -0.39 is 11.9 Å². The number of carbonyl (C=O) groups excluding carboxylic acids is 1. The summed E-state index contributed by atoms with van der Waals surface area (Å²) in [6.45, 7) is 1.12. The number of aliphatic carboxylic acids is 1. The standard InChI is InChI=1S/C20H20ClNO4/c21-16-9-7-14(8-10-16)13-26-18-6-2-1-5-17(18)19(23)22-11-3-4-15(12-22)20(24)25/h1-2,5-10,15H,3-4,11-13H2,(H,24,25)/t15-/m0/s1. The molecule has 1 atom stereocenters. The fourth-order valence-electron chi connectivity index (χ4n) is 3.04. The fraction of sp³-hybridized carbons (Fsp3) is 0.300. The molecule has 1 aliphatic heterocycles. The average molecular weight is 374 g/mol. The number of carboxylic acid groups (broad SMARTS) is 1. The van der Waals surface area contributed by atoms with Crippen LogP contribution in [0, 0.1) is 5.92 Å². The summed E-state index contributed by atoms with van der Waals surface area (Å²) < 4.78 is 5.84. The highest BCUT2D eigenvalue weighted by atomic mass is 35.5. The van der Waals surface area contributed by atoms with E-state index in [0.29, 0.717) is 42.3 Å². The zero-order chi connectivity index (χ0) is 18.5. The van der Waals surface area contributed by atoms with E-state index in [1.807, 2.05) is 18.2 Å². The molecule has 1 fully saturated rings. The summed E-state index contributed by atoms with van der Waals surface area (Å²) in [5, 5.41) is 9.88. The summed E-state index contributed by atoms with van der Waals surface area (Å²) in [6, 6.07) is 14.4. The highest BCUT2D eigenvalue weighted by molar-refractivity contribution is 6.30. The van der Waals surface area contributed by atoms with Crippen LogP contribution in [-0.4, -0.2) is 35.0 Å². The molecule has 0 radical (unpaired) electrons. The molecular formula is C20H20ClNO4. The summed E-state index contributed by atoms with van der Waals surface area (Å²) in [7, 11) is 0. The molecule has 0 aromatic heterocycles. The Morgan fingerprint density at radius 1 is 1.15 bits per heavy atom. The Bertz CT molecular complexity index is 791. The molecule has 2 aromatic rings. The van der Waals surface area contributed by atoms with Gasteiger partial charge in [-0.25, -0.2) is 0 Å². The van der Waals surface area contributed by atoms with E-state index in [2.05, 4.69) is 0 Å². The van der Waals surface area contributed by atoms with E-state index in [1.54, 1.807) is 35.2 Å². The van der Waals surface area contributed by atoms with Crippen LogP contribution < -0.4 is 4.74 Å². The van der Waals surface area contributed by atoms with Gasteiger partial charge in [-0.1, -0.05) is 35.9 Å². The maximum atomic E-state index is 12.9. The molecule has 5 nitrogen and oxygen atoms in total. The largest absolute Gasteiger partial charge is 0.488 e. The number of rotatable bonds is 5. The Kier molecular flexibility index (Phi) is 5.78. The molecule has 6 heteroatoms. The Morgan fingerprint density at radius 3 is 2.62 bits per heavy atom. The first kappa shape index (κ1) is 18.3. The number of hydrogen-bond acceptors (Lipinski definition) is 3. The van der Waals surface area contributed by atoms with Crippen LogP contribution in [0.25, 0.3) is 0 Å². The van der Waals surface area contributed by atoms with Crippen molar-refractivity contribution in [3.8, 4) is 5.75 Å². The fourth-order valence-corrected chi connectivity index (χ4v) is 3.17. The maximum Gasteiger partial charge on any atom is 0.308 e. The van der Waals surface area contributed by atoms with Crippen LogP contribution in [0.15, 0.2) is 48.5 Å². The van der Waals surface area contributed by atoms with Gasteiger partial charge in [0.1, 0.15) is 12.4 Å². The van der Waals surface area contributed by atoms with Crippen molar-refractivity contribution in [1.29, 1.82) is 0 Å². The lowest BCUT2D eigenvalue weighted by atomic mass is 9.97. The Hall–Kier alpha value is -2.53. The first-order chi connectivity index (χ1) is 12.5. The van der Waals surface area contributed by atoms with Crippen LogP contribution in [0.5, 0.6) is 5.75 Å². The van der Waals surface area contributed by atoms with Crippen molar-refractivity contribution < 1.29 is 19.4 Å². The maximum absolute atomic E-state index is 12.9. The number of carboxylic acids is 1. The van der Waals surface area contributed by atoms with E-state index >= 15 is 0 Å². The van der Waals surface area contributed by atoms with Gasteiger partial charge in [0.05, 0.1) is 11.5 Å². The predicted octanol–water partition coefficient (Wildman–Crippen LogP) is 3.86. The van der Waals surface area contributed by atoms with Crippen LogP contribution in [-0.2, 0) is 11.4 Å². The van der Waals surface area contributed by atoms with Gasteiger partial charge >= 0.3 is 5.97 Å². The molecular weight excluding hydrogens is 354 g/mol. The first-order valence-corrected chi connectivity index (χ1v) is 8.91. The monoisotopic (exact) mass is 373 g/mol. The molecule has 3 rings (SSSR count). The smallest absolute Gasteiger partial charge is 0.308 e. The van der Waals surface area contributed by atoms with Gasteiger partial charge in [0.2, 0.25) is 0 Å². The minimum Gasteiger partial charge on any atom is -0.488 e. The lowest BCUT2D eigenvalue weighted by Crippen LogP contribution is -2.42. The number of benzene rings is 2. The van der Waals surface area contributed by atoms with Gasteiger partial charge in [0.25, 0.3) is 5.91 Å². The van der Waals surface area contributed by atoms with Crippen LogP contribution in [0.4, 0.5) is 0 Å². The van der Waals surface area contributed by atoms with Gasteiger partial charge in [0, 0.05) is 18.1 Å². The van der Waals surface area contributed by atoms with Crippen molar-refractivity contribution in [3.63, 3.8) is 0 Å². The van der Waals surface area contributed by atoms with Crippen LogP contribution in [0.3, 0.4) is 0 Å². The summed E-state index contributed by atoms with van der Waals surface area (Å²) >= 11 is 5.88. The number of likely N-dealkylation sites (tertiary alicyclic amines) is 1. The van der Waals surface area contributed by atoms with E-state index in [1.165, 1.54) is 0 Å². The predicted molar refractivity (Wildman–Crippen MR) is 98.5 cm³/mol. The van der Waals surface area contributed by atoms with Crippen LogP contribution in [0.2, 0.25) is 5.02 Å². The molecule has 136 valence electrons. The minimum atomic E-state index is -0.852. The summed E-state index contributed by atoms with van der Waals surface area (Å²) in [4.78, 5) is 25.7. The minimum absolute atomic E-state index is 0.192. The molecule has 0 aliphatic carbocycles. The molecule has 1 heterocycles. The molecule has 26 heavy (non-hydrogen) atoms. The number of carbonyl (C=O) groups is 2. The van der Waals surface area contributed by atoms with E-state index in [9.17, 15) is 14.7 Å². The normalized spacial score (nSPS) is 17.0. The topological polar surface area (TPSA) is 66.8 Å². The SMILES string of the molecule is O=C(O)[C@H]1CCCN(C(=O)c2ccccc2OCc2ccc(Cl)cc2)C1. The van der Waals surface area contributed by atoms with Crippen molar-refractivity contribution in [2.45, 2.75) is 19.4 Å². The zero-order valence-electron chi connectivity index (χ0n) is 14.2. The number of nitrogens with zero attached hydrogens (tertiary/aromatic N) is 1. The van der Waals surface area contributed by atoms with Gasteiger partial charge in [-0.2, -0.15) is 0 Å². The van der Waals surface area contributed by atoms with Crippen LogP contribution >= 0.6 is 11.6 Å². The molecule has 1 saturated heterocycles. The van der Waals surface area contributed by atoms with Gasteiger partial charge in [-0.3, -0.25) is 9.59 Å². The molecule has 0 unspecified atom stereocenters. The van der Waals surface area contributed by atoms with E-state index in [-0.39, 0.29) is 12.5 Å². The van der Waals surface area contributed by atoms with E-state index in [0.717, 1.165) is 5.56 Å². The molecule has 0 saturated carbocycles. The second-order valence-electron chi connectivity index (χ2n) is 6.34. The molecule has 1 aliphatic rings. The summed E-state index contributed by atoms with van der Waals surface area (Å²) in [5.74, 6) is -1.06. The van der Waals surface area contributed by atoms with Crippen molar-refractivity contribution in [2.24, 2.45) is 5.92 Å². The third-order valence-corrected chi connectivity index (χ3v) is 4.73. The highest BCUT2D eigenvalue weighted by Gasteiger charge is 2.29. The third kappa shape index (κ3) is 4.35. The molecule has 0 bridgehead atoms. The zero-order valence-corrected chi connectivity index (χ0v) is 15.0. The Morgan fingerprint density at radius 2 is 1.88 bits per heavy atom. The number of piperidine rings is 1. The van der Waals surface area contributed by atoms with Crippen molar-refractivity contribution in [2.75, 3.05) is 13.1 Å². The summed E-state index contributed by atoms with van der Waals surface area (Å²) in [5.41, 5.74) is 1.40. The van der Waals surface area contributed by atoms with Gasteiger partial charge in [0.15, 0.2) is 0 Å². The van der Waals surface area contributed by atoms with Gasteiger partial charge in [-0.05, 0) is 42.7 Å². The number of amides is 1. The van der Waals surface area contributed by atoms with Gasteiger partial charge in [-0.15, -0.1) is 0 Å². The first-order valence-electron chi connectivity index (χ1n) is 8.53. The molecule has 2 aromatic carbocycles. The molecule has 1 amide bonds. The third-order valence-electron chi connectivity index (χ3n) is 4.48. The number of hydrogen-bond donors (Lipinski definition) is 1. The Balaban J connectivity index is 1.72. The number of ether oxygens (including phenoxy) is 1. The van der Waals surface area contributed by atoms with Crippen molar-refractivity contribution in [1.82, 2.24) is 4.90 Å². The van der Waals surface area contributed by atoms with Crippen molar-refractivity contribution >= 4 is 23.5 Å². The molecule has 0 spiro atoms. The second-order valence-corrected chi connectivity index (χ2v) is 6.78. The average Bonchev–Trinajstić information content (AvgIpc) is 2.67. The van der Waals surface area contributed by atoms with E-state index in [4.69, 9.17) is 16.3 Å². The number of halogens is 1. The molecule has 1 N–H and O–H groups in total. The van der Waals surface area contributed by atoms with Crippen LogP contribution in [0.1, 0.15) is 28.8 Å². The van der Waals surface area contributed by atoms with Crippen molar-refractivity contribution in [3.05, 3.63) is 64.7 Å². The highest BCUT2D eigenvalue weighted by Crippen LogP contribution is 2.25. The summed E-state index contributed by atoms with van der Waals surface area (Å²) in [6.07, 6.45) is 1.30. The van der Waals surface area contributed by atoms with Gasteiger partial charge < -0.3 is 14.7 Å². The lowest BCUT2D eigenvalue weighted by Gasteiger charge is -2.31. The lowest BCUT2D eigenvalue weighted by molar-refractivity contribution is -0.143. The Labute approximate surface area is 157 Å². The number of para-hydroxylation sites is 1. The quantitative estimate of drug-likeness (QED) is 0.864. The second kappa shape index (κ2) is 8.23.